The van der Waals surface area contributed by atoms with Crippen LogP contribution in [0.3, 0.4) is 0 Å². The predicted molar refractivity (Wildman–Crippen MR) is 92.4 cm³/mol. The highest BCUT2D eigenvalue weighted by Crippen LogP contribution is 2.26. The van der Waals surface area contributed by atoms with Gasteiger partial charge in [-0.3, -0.25) is 4.79 Å². The van der Waals surface area contributed by atoms with Gasteiger partial charge in [-0.25, -0.2) is 22.5 Å². The van der Waals surface area contributed by atoms with E-state index >= 15 is 0 Å². The van der Waals surface area contributed by atoms with Gasteiger partial charge in [-0.1, -0.05) is 12.1 Å². The Hall–Kier alpha value is -1.84. The van der Waals surface area contributed by atoms with Gasteiger partial charge < -0.3 is 4.74 Å². The quantitative estimate of drug-likeness (QED) is 0.856. The smallest absolute Gasteiger partial charge is 0.284 e. The molecule has 1 saturated heterocycles. The number of hydrogen-bond acceptors (Lipinski definition) is 6. The topological polar surface area (TPSA) is 85.4 Å². The summed E-state index contributed by atoms with van der Waals surface area (Å²) in [5.41, 5.74) is 0.210. The number of rotatable bonds is 5. The second-order valence-corrected chi connectivity index (χ2v) is 8.34. The number of carbonyl (C=O) groups excluding carboxylic acids is 1. The standard InChI is InChI=1S/C16H17FN2O4S2/c17-13-7-2-1-6-12(13)16-18-14(9-24-16)15(20)19-25(21,22)10-11-5-3-4-8-23-11/h1-2,6-7,9,11H,3-5,8,10H2,(H,19,20)/t11-/m1/s1. The first-order valence-electron chi connectivity index (χ1n) is 7.81. The Morgan fingerprint density at radius 3 is 2.88 bits per heavy atom. The average molecular weight is 384 g/mol. The molecule has 0 spiro atoms. The molecule has 1 amide bonds. The van der Waals surface area contributed by atoms with Crippen LogP contribution in [0.5, 0.6) is 0 Å². The summed E-state index contributed by atoms with van der Waals surface area (Å²) in [5, 5.41) is 1.72. The summed E-state index contributed by atoms with van der Waals surface area (Å²) in [6, 6.07) is 6.06. The van der Waals surface area contributed by atoms with Crippen molar-refractivity contribution in [2.24, 2.45) is 0 Å². The first-order valence-corrected chi connectivity index (χ1v) is 10.3. The van der Waals surface area contributed by atoms with Crippen molar-refractivity contribution in [2.75, 3.05) is 12.4 Å². The maximum Gasteiger partial charge on any atom is 0.284 e. The zero-order valence-electron chi connectivity index (χ0n) is 13.3. The molecule has 0 bridgehead atoms. The largest absolute Gasteiger partial charge is 0.377 e. The fraction of sp³-hybridized carbons (Fsp3) is 0.375. The number of halogens is 1. The first-order chi connectivity index (χ1) is 11.9. The summed E-state index contributed by atoms with van der Waals surface area (Å²) < 4.78 is 45.4. The van der Waals surface area contributed by atoms with Gasteiger partial charge in [-0.2, -0.15) is 0 Å². The molecule has 1 N–H and O–H groups in total. The van der Waals surface area contributed by atoms with E-state index in [0.717, 1.165) is 24.2 Å². The summed E-state index contributed by atoms with van der Waals surface area (Å²) >= 11 is 1.08. The number of benzene rings is 1. The number of aromatic nitrogens is 1. The van der Waals surface area contributed by atoms with Crippen molar-refractivity contribution >= 4 is 27.3 Å². The number of nitrogens with zero attached hydrogens (tertiary/aromatic N) is 1. The van der Waals surface area contributed by atoms with Crippen LogP contribution in [-0.4, -0.2) is 37.8 Å². The molecule has 9 heteroatoms. The van der Waals surface area contributed by atoms with Gasteiger partial charge in [0.2, 0.25) is 10.0 Å². The molecule has 1 atom stereocenters. The zero-order valence-corrected chi connectivity index (χ0v) is 14.9. The number of thiazole rings is 1. The van der Waals surface area contributed by atoms with Crippen molar-refractivity contribution in [3.05, 3.63) is 41.2 Å². The molecule has 25 heavy (non-hydrogen) atoms. The molecule has 0 aliphatic carbocycles. The van der Waals surface area contributed by atoms with Gasteiger partial charge >= 0.3 is 0 Å². The SMILES string of the molecule is O=C(NS(=O)(=O)C[C@H]1CCCCO1)c1csc(-c2ccccc2F)n1. The third kappa shape index (κ3) is 4.62. The van der Waals surface area contributed by atoms with Crippen LogP contribution in [0.15, 0.2) is 29.6 Å². The van der Waals surface area contributed by atoms with Gasteiger partial charge in [-0.15, -0.1) is 11.3 Å². The number of amides is 1. The van der Waals surface area contributed by atoms with E-state index in [1.165, 1.54) is 11.4 Å². The van der Waals surface area contributed by atoms with Crippen molar-refractivity contribution in [3.8, 4) is 10.6 Å². The normalized spacial score (nSPS) is 18.0. The summed E-state index contributed by atoms with van der Waals surface area (Å²) in [7, 11) is -3.83. The van der Waals surface area contributed by atoms with Crippen LogP contribution in [0.2, 0.25) is 0 Å². The fourth-order valence-corrected chi connectivity index (χ4v) is 4.60. The third-order valence-electron chi connectivity index (χ3n) is 3.77. The van der Waals surface area contributed by atoms with E-state index in [-0.39, 0.29) is 17.0 Å². The highest BCUT2D eigenvalue weighted by atomic mass is 32.2. The summed E-state index contributed by atoms with van der Waals surface area (Å²) in [4.78, 5) is 16.2. The highest BCUT2D eigenvalue weighted by Gasteiger charge is 2.25. The lowest BCUT2D eigenvalue weighted by molar-refractivity contribution is 0.0304. The van der Waals surface area contributed by atoms with E-state index in [9.17, 15) is 17.6 Å². The van der Waals surface area contributed by atoms with Crippen molar-refractivity contribution in [1.82, 2.24) is 9.71 Å². The molecule has 6 nitrogen and oxygen atoms in total. The lowest BCUT2D eigenvalue weighted by Gasteiger charge is -2.22. The second kappa shape index (κ2) is 7.59. The van der Waals surface area contributed by atoms with Crippen LogP contribution in [-0.2, 0) is 14.8 Å². The number of nitrogens with one attached hydrogen (secondary N) is 1. The molecule has 3 rings (SSSR count). The van der Waals surface area contributed by atoms with Gasteiger partial charge in [-0.05, 0) is 31.4 Å². The molecule has 1 aromatic heterocycles. The molecule has 0 saturated carbocycles. The minimum atomic E-state index is -3.83. The number of sulfonamides is 1. The Bertz CT molecular complexity index is 861. The first kappa shape index (κ1) is 18.0. The van der Waals surface area contributed by atoms with E-state index in [2.05, 4.69) is 4.98 Å². The minimum Gasteiger partial charge on any atom is -0.377 e. The lowest BCUT2D eigenvalue weighted by Crippen LogP contribution is -2.38. The van der Waals surface area contributed by atoms with Crippen LogP contribution in [0, 0.1) is 5.82 Å². The number of carbonyl (C=O) groups is 1. The Balaban J connectivity index is 1.68. The lowest BCUT2D eigenvalue weighted by atomic mass is 10.1. The Kier molecular flexibility index (Phi) is 5.45. The monoisotopic (exact) mass is 384 g/mol. The summed E-state index contributed by atoms with van der Waals surface area (Å²) in [6.07, 6.45) is 2.08. The number of ether oxygens (including phenoxy) is 1. The van der Waals surface area contributed by atoms with Crippen molar-refractivity contribution in [2.45, 2.75) is 25.4 Å². The van der Waals surface area contributed by atoms with Crippen LogP contribution in [0.1, 0.15) is 29.8 Å². The van der Waals surface area contributed by atoms with E-state index in [1.54, 1.807) is 18.2 Å². The van der Waals surface area contributed by atoms with Gasteiger partial charge in [0.15, 0.2) is 0 Å². The minimum absolute atomic E-state index is 0.0589. The fourth-order valence-electron chi connectivity index (χ4n) is 2.56. The van der Waals surface area contributed by atoms with E-state index in [1.807, 2.05) is 4.72 Å². The van der Waals surface area contributed by atoms with Crippen molar-refractivity contribution in [3.63, 3.8) is 0 Å². The molecule has 0 radical (unpaired) electrons. The molecule has 2 heterocycles. The molecule has 1 aromatic carbocycles. The Morgan fingerprint density at radius 2 is 2.16 bits per heavy atom. The van der Waals surface area contributed by atoms with Gasteiger partial charge in [0.05, 0.1) is 11.9 Å². The predicted octanol–water partition coefficient (Wildman–Crippen LogP) is 2.58. The maximum absolute atomic E-state index is 13.8. The molecule has 1 fully saturated rings. The molecule has 1 aliphatic rings. The van der Waals surface area contributed by atoms with Crippen molar-refractivity contribution < 1.29 is 22.3 Å². The Morgan fingerprint density at radius 1 is 1.36 bits per heavy atom. The van der Waals surface area contributed by atoms with Crippen LogP contribution in [0.25, 0.3) is 10.6 Å². The summed E-state index contributed by atoms with van der Waals surface area (Å²) in [6.45, 7) is 0.534. The molecular formula is C16H17FN2O4S2. The Labute approximate surface area is 149 Å². The summed E-state index contributed by atoms with van der Waals surface area (Å²) in [5.74, 6) is -1.54. The molecule has 134 valence electrons. The van der Waals surface area contributed by atoms with Crippen LogP contribution in [0.4, 0.5) is 4.39 Å². The van der Waals surface area contributed by atoms with Crippen LogP contribution < -0.4 is 4.72 Å². The maximum atomic E-state index is 13.8. The third-order valence-corrected chi connectivity index (χ3v) is 5.95. The molecule has 1 aliphatic heterocycles. The molecule has 2 aromatic rings. The van der Waals surface area contributed by atoms with Gasteiger partial charge in [0.1, 0.15) is 16.5 Å². The van der Waals surface area contributed by atoms with E-state index in [4.69, 9.17) is 4.74 Å². The zero-order chi connectivity index (χ0) is 17.9. The highest BCUT2D eigenvalue weighted by molar-refractivity contribution is 7.90. The van der Waals surface area contributed by atoms with Crippen molar-refractivity contribution in [1.29, 1.82) is 0 Å². The second-order valence-electron chi connectivity index (χ2n) is 5.72. The van der Waals surface area contributed by atoms with E-state index in [0.29, 0.717) is 18.0 Å². The van der Waals surface area contributed by atoms with Crippen LogP contribution >= 0.6 is 11.3 Å². The molecule has 0 unspecified atom stereocenters. The van der Waals surface area contributed by atoms with Gasteiger partial charge in [0.25, 0.3) is 5.91 Å². The van der Waals surface area contributed by atoms with Gasteiger partial charge in [0, 0.05) is 17.6 Å². The number of hydrogen-bond donors (Lipinski definition) is 1. The molecular weight excluding hydrogens is 367 g/mol. The average Bonchev–Trinajstić information content (AvgIpc) is 3.05. The van der Waals surface area contributed by atoms with E-state index < -0.39 is 27.9 Å².